The topological polar surface area (TPSA) is 73.6 Å². The summed E-state index contributed by atoms with van der Waals surface area (Å²) in [6.07, 6.45) is 2.59. The molecule has 0 radical (unpaired) electrons. The average Bonchev–Trinajstić information content (AvgIpc) is 3.29. The van der Waals surface area contributed by atoms with Crippen LogP contribution in [0.2, 0.25) is 0 Å². The maximum absolute atomic E-state index is 13.6. The fourth-order valence-corrected chi connectivity index (χ4v) is 5.25. The summed E-state index contributed by atoms with van der Waals surface area (Å²) >= 11 is 0. The van der Waals surface area contributed by atoms with Crippen molar-refractivity contribution in [2.24, 2.45) is 0 Å². The number of ether oxygens (including phenoxy) is 2. The van der Waals surface area contributed by atoms with E-state index in [0.717, 1.165) is 51.9 Å². The molecule has 0 saturated heterocycles. The maximum Gasteiger partial charge on any atom is 0.337 e. The van der Waals surface area contributed by atoms with Crippen LogP contribution in [0.1, 0.15) is 68.6 Å². The Kier molecular flexibility index (Phi) is 6.73. The molecule has 2 aromatic heterocycles. The number of carboxylic acids is 1. The first kappa shape index (κ1) is 25.9. The number of aliphatic carboxylic acids is 1. The lowest BCUT2D eigenvalue weighted by Crippen LogP contribution is -2.28. The Morgan fingerprint density at radius 1 is 1.16 bits per heavy atom. The van der Waals surface area contributed by atoms with Gasteiger partial charge in [-0.05, 0) is 94.5 Å². The number of carboxylic acid groups (broad SMARTS) is 1. The van der Waals surface area contributed by atoms with E-state index in [1.165, 1.54) is 12.1 Å². The predicted molar refractivity (Wildman–Crippen MR) is 145 cm³/mol. The first-order valence-electron chi connectivity index (χ1n) is 13.0. The standard InChI is InChI=1S/C31H33FN2O4/c1-18-26(28(30(35)36)38-31(3,4)5)27(22-10-13-25-21(17-22)7-6-16-37-25)24-14-15-34(29(24)33-18)19(2)20-8-11-23(32)12-9-20/h8-15,17,19,28H,6-7,16H2,1-5H3,(H,35,36)/t19-,28?/m1/s1. The third-order valence-electron chi connectivity index (χ3n) is 7.01. The Labute approximate surface area is 222 Å². The van der Waals surface area contributed by atoms with E-state index >= 15 is 0 Å². The fourth-order valence-electron chi connectivity index (χ4n) is 5.25. The van der Waals surface area contributed by atoms with Crippen LogP contribution in [-0.2, 0) is 16.0 Å². The van der Waals surface area contributed by atoms with Gasteiger partial charge in [0.2, 0.25) is 0 Å². The van der Waals surface area contributed by atoms with Gasteiger partial charge in [0.05, 0.1) is 18.2 Å². The second-order valence-electron chi connectivity index (χ2n) is 10.9. The summed E-state index contributed by atoms with van der Waals surface area (Å²) < 4.78 is 27.6. The van der Waals surface area contributed by atoms with Crippen molar-refractivity contribution in [3.8, 4) is 16.9 Å². The number of hydrogen-bond acceptors (Lipinski definition) is 4. The number of pyridine rings is 1. The van der Waals surface area contributed by atoms with E-state index in [0.29, 0.717) is 17.9 Å². The molecule has 6 nitrogen and oxygen atoms in total. The van der Waals surface area contributed by atoms with Gasteiger partial charge in [0.1, 0.15) is 17.2 Å². The van der Waals surface area contributed by atoms with Gasteiger partial charge in [-0.2, -0.15) is 0 Å². The number of nitrogens with zero attached hydrogens (tertiary/aromatic N) is 2. The zero-order chi connectivity index (χ0) is 27.2. The van der Waals surface area contributed by atoms with Crippen molar-refractivity contribution in [2.75, 3.05) is 6.61 Å². The highest BCUT2D eigenvalue weighted by Crippen LogP contribution is 2.42. The number of benzene rings is 2. The number of aryl methyl sites for hydroxylation is 2. The molecule has 0 amide bonds. The van der Waals surface area contributed by atoms with Crippen LogP contribution in [0.5, 0.6) is 5.75 Å². The Morgan fingerprint density at radius 3 is 2.58 bits per heavy atom. The smallest absolute Gasteiger partial charge is 0.337 e. The first-order chi connectivity index (χ1) is 18.0. The predicted octanol–water partition coefficient (Wildman–Crippen LogP) is 7.03. The van der Waals surface area contributed by atoms with Crippen LogP contribution in [0, 0.1) is 12.7 Å². The van der Waals surface area contributed by atoms with Gasteiger partial charge >= 0.3 is 5.97 Å². The highest BCUT2D eigenvalue weighted by molar-refractivity contribution is 5.98. The minimum absolute atomic E-state index is 0.114. The van der Waals surface area contributed by atoms with Crippen LogP contribution < -0.4 is 4.74 Å². The SMILES string of the molecule is Cc1nc2c(ccn2[C@H](C)c2ccc(F)cc2)c(-c2ccc3c(c2)CCCO3)c1C(OC(C)(C)C)C(=O)O. The molecule has 0 aliphatic carbocycles. The Hall–Kier alpha value is -3.71. The van der Waals surface area contributed by atoms with E-state index in [1.54, 1.807) is 12.1 Å². The molecule has 0 fully saturated rings. The van der Waals surface area contributed by atoms with E-state index in [2.05, 4.69) is 6.07 Å². The minimum atomic E-state index is -1.20. The Balaban J connectivity index is 1.76. The molecule has 38 heavy (non-hydrogen) atoms. The lowest BCUT2D eigenvalue weighted by Gasteiger charge is -2.28. The van der Waals surface area contributed by atoms with Crippen molar-refractivity contribution in [1.82, 2.24) is 9.55 Å². The van der Waals surface area contributed by atoms with Crippen molar-refractivity contribution in [2.45, 2.75) is 65.2 Å². The Morgan fingerprint density at radius 2 is 1.89 bits per heavy atom. The summed E-state index contributed by atoms with van der Waals surface area (Å²) in [5.41, 5.74) is 4.91. The average molecular weight is 517 g/mol. The van der Waals surface area contributed by atoms with Gasteiger partial charge in [-0.3, -0.25) is 0 Å². The van der Waals surface area contributed by atoms with Gasteiger partial charge in [0.15, 0.2) is 6.10 Å². The second kappa shape index (κ2) is 9.87. The third kappa shape index (κ3) is 4.90. The molecular weight excluding hydrogens is 483 g/mol. The van der Waals surface area contributed by atoms with E-state index in [1.807, 2.05) is 63.6 Å². The van der Waals surface area contributed by atoms with E-state index in [-0.39, 0.29) is 11.9 Å². The molecule has 1 aliphatic rings. The molecule has 5 rings (SSSR count). The molecule has 0 spiro atoms. The van der Waals surface area contributed by atoms with Crippen LogP contribution in [0.25, 0.3) is 22.2 Å². The summed E-state index contributed by atoms with van der Waals surface area (Å²) in [7, 11) is 0. The number of rotatable bonds is 6. The second-order valence-corrected chi connectivity index (χ2v) is 10.9. The maximum atomic E-state index is 13.6. The molecule has 1 N–H and O–H groups in total. The molecular formula is C31H33FN2O4. The van der Waals surface area contributed by atoms with Gasteiger partial charge in [0.25, 0.3) is 0 Å². The molecule has 2 aromatic carbocycles. The number of halogens is 1. The number of fused-ring (bicyclic) bond motifs is 2. The van der Waals surface area contributed by atoms with E-state index < -0.39 is 17.7 Å². The van der Waals surface area contributed by atoms with E-state index in [9.17, 15) is 14.3 Å². The normalized spacial score (nSPS) is 15.1. The van der Waals surface area contributed by atoms with Crippen molar-refractivity contribution < 1.29 is 23.8 Å². The molecule has 1 unspecified atom stereocenters. The van der Waals surface area contributed by atoms with E-state index in [4.69, 9.17) is 14.5 Å². The number of hydrogen-bond donors (Lipinski definition) is 1. The summed E-state index contributed by atoms with van der Waals surface area (Å²) in [5, 5.41) is 11.1. The molecule has 3 heterocycles. The fraction of sp³-hybridized carbons (Fsp3) is 0.355. The van der Waals surface area contributed by atoms with Gasteiger partial charge in [-0.25, -0.2) is 14.2 Å². The highest BCUT2D eigenvalue weighted by atomic mass is 19.1. The third-order valence-corrected chi connectivity index (χ3v) is 7.01. The molecule has 2 atom stereocenters. The monoisotopic (exact) mass is 516 g/mol. The van der Waals surface area contributed by atoms with Crippen LogP contribution in [0.15, 0.2) is 54.7 Å². The van der Waals surface area contributed by atoms with Crippen molar-refractivity contribution in [3.05, 3.63) is 82.9 Å². The molecule has 198 valence electrons. The molecule has 4 aromatic rings. The number of aromatic nitrogens is 2. The molecule has 1 aliphatic heterocycles. The Bertz CT molecular complexity index is 1500. The van der Waals surface area contributed by atoms with Gasteiger partial charge in [0, 0.05) is 28.4 Å². The molecule has 0 saturated carbocycles. The van der Waals surface area contributed by atoms with Crippen LogP contribution in [0.3, 0.4) is 0 Å². The largest absolute Gasteiger partial charge is 0.493 e. The lowest BCUT2D eigenvalue weighted by molar-refractivity contribution is -0.160. The summed E-state index contributed by atoms with van der Waals surface area (Å²) in [4.78, 5) is 17.5. The zero-order valence-electron chi connectivity index (χ0n) is 22.4. The quantitative estimate of drug-likeness (QED) is 0.298. The first-order valence-corrected chi connectivity index (χ1v) is 13.0. The summed E-state index contributed by atoms with van der Waals surface area (Å²) in [6.45, 7) is 10.1. The summed E-state index contributed by atoms with van der Waals surface area (Å²) in [5.74, 6) is -0.480. The molecule has 7 heteroatoms. The summed E-state index contributed by atoms with van der Waals surface area (Å²) in [6, 6.07) is 14.4. The molecule has 0 bridgehead atoms. The number of carbonyl (C=O) groups is 1. The van der Waals surface area contributed by atoms with Crippen molar-refractivity contribution in [1.29, 1.82) is 0 Å². The zero-order valence-corrected chi connectivity index (χ0v) is 22.4. The van der Waals surface area contributed by atoms with Crippen LogP contribution in [-0.4, -0.2) is 32.8 Å². The van der Waals surface area contributed by atoms with Gasteiger partial charge in [-0.1, -0.05) is 18.2 Å². The van der Waals surface area contributed by atoms with Gasteiger partial charge in [-0.15, -0.1) is 0 Å². The minimum Gasteiger partial charge on any atom is -0.493 e. The van der Waals surface area contributed by atoms with Gasteiger partial charge < -0.3 is 19.1 Å². The van der Waals surface area contributed by atoms with Crippen molar-refractivity contribution >= 4 is 17.0 Å². The van der Waals surface area contributed by atoms with Crippen molar-refractivity contribution in [3.63, 3.8) is 0 Å². The lowest BCUT2D eigenvalue weighted by atomic mass is 9.90. The van der Waals surface area contributed by atoms with Crippen LogP contribution >= 0.6 is 0 Å². The van der Waals surface area contributed by atoms with Crippen LogP contribution in [0.4, 0.5) is 4.39 Å². The highest BCUT2D eigenvalue weighted by Gasteiger charge is 2.33.